The molecular weight excluding hydrogens is 286 g/mol. The zero-order valence-corrected chi connectivity index (χ0v) is 12.6. The second-order valence-electron chi connectivity index (χ2n) is 6.04. The number of carboxylic acids is 1. The highest BCUT2D eigenvalue weighted by Gasteiger charge is 2.69. The monoisotopic (exact) mass is 306 g/mol. The molecule has 1 amide bonds. The first-order chi connectivity index (χ1) is 10.6. The van der Waals surface area contributed by atoms with E-state index in [-0.39, 0.29) is 11.9 Å². The van der Waals surface area contributed by atoms with E-state index >= 15 is 0 Å². The number of carboxylic acid groups (broad SMARTS) is 1. The second kappa shape index (κ2) is 5.52. The van der Waals surface area contributed by atoms with Gasteiger partial charge in [0.1, 0.15) is 5.60 Å². The van der Waals surface area contributed by atoms with Crippen LogP contribution >= 0.6 is 0 Å². The van der Waals surface area contributed by atoms with Crippen LogP contribution in [0.2, 0.25) is 0 Å². The first-order valence-corrected chi connectivity index (χ1v) is 7.55. The Hall–Kier alpha value is -1.66. The maximum Gasteiger partial charge on any atom is 0.230 e. The molecule has 2 bridgehead atoms. The number of ether oxygens (including phenoxy) is 2. The number of amides is 1. The number of nitrogens with zero attached hydrogens (tertiary/aromatic N) is 1. The Bertz CT molecular complexity index is 531. The van der Waals surface area contributed by atoms with Crippen LogP contribution in [0, 0.1) is 11.8 Å². The molecule has 3 aliphatic rings. The molecule has 3 heterocycles. The molecular formula is C16H20NO5-. The Morgan fingerprint density at radius 2 is 2.41 bits per heavy atom. The Kier molecular flexibility index (Phi) is 3.82. The van der Waals surface area contributed by atoms with Gasteiger partial charge >= 0.3 is 0 Å². The van der Waals surface area contributed by atoms with Crippen LogP contribution in [0.5, 0.6) is 0 Å². The van der Waals surface area contributed by atoms with Crippen LogP contribution in [-0.4, -0.2) is 54.8 Å². The number of hydrogen-bond donors (Lipinski definition) is 0. The molecule has 2 fully saturated rings. The summed E-state index contributed by atoms with van der Waals surface area (Å²) < 4.78 is 11.0. The number of hydrogen-bond acceptors (Lipinski definition) is 5. The van der Waals surface area contributed by atoms with E-state index in [0.29, 0.717) is 26.0 Å². The normalized spacial score (nSPS) is 38.6. The fourth-order valence-electron chi connectivity index (χ4n) is 4.10. The summed E-state index contributed by atoms with van der Waals surface area (Å²) in [6.45, 7) is 4.82. The molecule has 1 spiro atoms. The zero-order valence-electron chi connectivity index (χ0n) is 12.6. The molecule has 6 nitrogen and oxygen atoms in total. The number of carbonyl (C=O) groups is 2. The average Bonchev–Trinajstić information content (AvgIpc) is 3.11. The summed E-state index contributed by atoms with van der Waals surface area (Å²) in [5.74, 6) is -2.98. The van der Waals surface area contributed by atoms with Crippen LogP contribution < -0.4 is 5.11 Å². The van der Waals surface area contributed by atoms with E-state index < -0.39 is 29.5 Å². The molecule has 0 radical (unpaired) electrons. The molecule has 2 saturated heterocycles. The number of aliphatic carboxylic acids is 1. The molecule has 0 unspecified atom stereocenters. The predicted octanol–water partition coefficient (Wildman–Crippen LogP) is -0.500. The predicted molar refractivity (Wildman–Crippen MR) is 75.5 cm³/mol. The van der Waals surface area contributed by atoms with E-state index in [1.165, 1.54) is 0 Å². The first kappa shape index (κ1) is 15.2. The van der Waals surface area contributed by atoms with Gasteiger partial charge in [0, 0.05) is 32.1 Å². The van der Waals surface area contributed by atoms with Gasteiger partial charge < -0.3 is 24.3 Å². The molecule has 0 N–H and O–H groups in total. The summed E-state index contributed by atoms with van der Waals surface area (Å²) in [5.41, 5.74) is -0.853. The highest BCUT2D eigenvalue weighted by molar-refractivity contribution is 5.91. The summed E-state index contributed by atoms with van der Waals surface area (Å²) in [5, 5.41) is 11.5. The van der Waals surface area contributed by atoms with E-state index in [1.807, 2.05) is 6.08 Å². The maximum absolute atomic E-state index is 12.8. The van der Waals surface area contributed by atoms with Crippen molar-refractivity contribution in [1.82, 2.24) is 4.90 Å². The lowest BCUT2D eigenvalue weighted by atomic mass is 9.74. The number of fused-ring (bicyclic) bond motifs is 1. The highest BCUT2D eigenvalue weighted by atomic mass is 16.5. The fraction of sp³-hybridized carbons (Fsp3) is 0.625. The van der Waals surface area contributed by atoms with Crippen molar-refractivity contribution in [3.8, 4) is 0 Å². The Labute approximate surface area is 129 Å². The van der Waals surface area contributed by atoms with Gasteiger partial charge in [-0.3, -0.25) is 4.79 Å². The van der Waals surface area contributed by atoms with Crippen LogP contribution in [0.15, 0.2) is 24.8 Å². The molecule has 0 aromatic carbocycles. The topological polar surface area (TPSA) is 78.9 Å². The van der Waals surface area contributed by atoms with Crippen molar-refractivity contribution in [2.75, 3.05) is 20.3 Å². The average molecular weight is 306 g/mol. The summed E-state index contributed by atoms with van der Waals surface area (Å²) >= 11 is 0. The standard InChI is InChI=1S/C16H21NO5/c1-3-5-11-16-7-6-10(22-16)12(15(19)20)13(16)14(18)17(11)8-4-9-21-2/h3,6-7,10-13H,1,4-5,8-9H2,2H3,(H,19,20)/p-1/t10-,11-,12+,13-,16-/m1/s1. The largest absolute Gasteiger partial charge is 0.550 e. The van der Waals surface area contributed by atoms with Crippen molar-refractivity contribution in [3.63, 3.8) is 0 Å². The van der Waals surface area contributed by atoms with Crippen LogP contribution in [0.25, 0.3) is 0 Å². The van der Waals surface area contributed by atoms with Crippen LogP contribution in [-0.2, 0) is 19.1 Å². The van der Waals surface area contributed by atoms with E-state index in [4.69, 9.17) is 9.47 Å². The van der Waals surface area contributed by atoms with E-state index in [0.717, 1.165) is 0 Å². The van der Waals surface area contributed by atoms with Gasteiger partial charge in [-0.25, -0.2) is 0 Å². The molecule has 3 aliphatic heterocycles. The summed E-state index contributed by atoms with van der Waals surface area (Å²) in [6.07, 6.45) is 6.05. The number of likely N-dealkylation sites (tertiary alicyclic amines) is 1. The lowest BCUT2D eigenvalue weighted by Crippen LogP contribution is -2.46. The summed E-state index contributed by atoms with van der Waals surface area (Å²) in [4.78, 5) is 26.0. The van der Waals surface area contributed by atoms with Gasteiger partial charge in [-0.15, -0.1) is 6.58 Å². The third-order valence-electron chi connectivity index (χ3n) is 4.94. The SMILES string of the molecule is C=CC[C@H]1N(CCCOC)C(=O)[C@H]2[C@@H](C(=O)[O-])[C@H]3C=C[C@]21O3. The number of carbonyl (C=O) groups excluding carboxylic acids is 2. The molecule has 0 saturated carbocycles. The van der Waals surface area contributed by atoms with Crippen molar-refractivity contribution >= 4 is 11.9 Å². The van der Waals surface area contributed by atoms with Gasteiger partial charge in [-0.05, 0) is 12.8 Å². The third-order valence-corrected chi connectivity index (χ3v) is 4.94. The van der Waals surface area contributed by atoms with Crippen LogP contribution in [0.4, 0.5) is 0 Å². The van der Waals surface area contributed by atoms with Crippen LogP contribution in [0.3, 0.4) is 0 Å². The number of methoxy groups -OCH3 is 1. The molecule has 6 heteroatoms. The van der Waals surface area contributed by atoms with E-state index in [9.17, 15) is 14.7 Å². The molecule has 22 heavy (non-hydrogen) atoms. The van der Waals surface area contributed by atoms with Crippen molar-refractivity contribution in [2.24, 2.45) is 11.8 Å². The smallest absolute Gasteiger partial charge is 0.230 e. The fourth-order valence-corrected chi connectivity index (χ4v) is 4.10. The maximum atomic E-state index is 12.8. The summed E-state index contributed by atoms with van der Waals surface area (Å²) in [6, 6.07) is -0.218. The minimum absolute atomic E-state index is 0.163. The minimum atomic E-state index is -1.22. The van der Waals surface area contributed by atoms with Crippen molar-refractivity contribution < 1.29 is 24.2 Å². The van der Waals surface area contributed by atoms with Gasteiger partial charge in [0.2, 0.25) is 5.91 Å². The highest BCUT2D eigenvalue weighted by Crippen LogP contribution is 2.55. The molecule has 120 valence electrons. The van der Waals surface area contributed by atoms with Gasteiger partial charge in [0.25, 0.3) is 0 Å². The lowest BCUT2D eigenvalue weighted by Gasteiger charge is -2.32. The molecule has 0 aliphatic carbocycles. The molecule has 3 rings (SSSR count). The third kappa shape index (κ3) is 1.94. The van der Waals surface area contributed by atoms with E-state index in [1.54, 1.807) is 24.2 Å². The Balaban J connectivity index is 1.92. The van der Waals surface area contributed by atoms with Gasteiger partial charge in [0.15, 0.2) is 0 Å². The number of rotatable bonds is 7. The van der Waals surface area contributed by atoms with Crippen molar-refractivity contribution in [1.29, 1.82) is 0 Å². The van der Waals surface area contributed by atoms with Gasteiger partial charge in [-0.1, -0.05) is 18.2 Å². The van der Waals surface area contributed by atoms with E-state index in [2.05, 4.69) is 6.58 Å². The quantitative estimate of drug-likeness (QED) is 0.468. The first-order valence-electron chi connectivity index (χ1n) is 7.55. The molecule has 5 atom stereocenters. The molecule has 0 aromatic heterocycles. The zero-order chi connectivity index (χ0) is 15.9. The molecule has 0 aromatic rings. The van der Waals surface area contributed by atoms with Gasteiger partial charge in [0.05, 0.1) is 18.1 Å². The van der Waals surface area contributed by atoms with Crippen molar-refractivity contribution in [3.05, 3.63) is 24.8 Å². The lowest BCUT2D eigenvalue weighted by molar-refractivity contribution is -0.313. The van der Waals surface area contributed by atoms with Gasteiger partial charge in [-0.2, -0.15) is 0 Å². The summed E-state index contributed by atoms with van der Waals surface area (Å²) in [7, 11) is 1.61. The Morgan fingerprint density at radius 3 is 3.05 bits per heavy atom. The minimum Gasteiger partial charge on any atom is -0.550 e. The van der Waals surface area contributed by atoms with Crippen molar-refractivity contribution in [2.45, 2.75) is 30.6 Å². The Morgan fingerprint density at radius 1 is 1.64 bits per heavy atom. The second-order valence-corrected chi connectivity index (χ2v) is 6.04. The van der Waals surface area contributed by atoms with Crippen LogP contribution in [0.1, 0.15) is 12.8 Å².